The van der Waals surface area contributed by atoms with Gasteiger partial charge >= 0.3 is 5.97 Å². The van der Waals surface area contributed by atoms with Gasteiger partial charge in [0.15, 0.2) is 41.9 Å². The molecule has 0 saturated heterocycles. The predicted molar refractivity (Wildman–Crippen MR) is 199 cm³/mol. The molecule has 0 atom stereocenters. The molecule has 2 aromatic heterocycles. The van der Waals surface area contributed by atoms with E-state index in [4.69, 9.17) is 20.3 Å². The number of aliphatic carboxylic acids is 1. The summed E-state index contributed by atoms with van der Waals surface area (Å²) in [5.74, 6) is 1.97. The lowest BCUT2D eigenvalue weighted by atomic mass is 10.1. The van der Waals surface area contributed by atoms with Crippen LogP contribution in [0.3, 0.4) is 0 Å². The quantitative estimate of drug-likeness (QED) is 0.142. The molecule has 0 aliphatic heterocycles. The number of nitrogens with two attached hydrogens (primary N) is 1. The normalized spacial score (nSPS) is 14.6. The number of sulfone groups is 2. The Morgan fingerprint density at radius 1 is 0.792 bits per heavy atom. The summed E-state index contributed by atoms with van der Waals surface area (Å²) < 4.78 is 55.4. The molecule has 0 amide bonds. The maximum Gasteiger partial charge on any atom is 0.324 e. The largest absolute Gasteiger partial charge is 0.497 e. The lowest BCUT2D eigenvalue weighted by Gasteiger charge is -2.22. The molecule has 6 rings (SSSR count). The van der Waals surface area contributed by atoms with Crippen LogP contribution in [0.5, 0.6) is 11.5 Å². The van der Waals surface area contributed by atoms with Gasteiger partial charge < -0.3 is 20.3 Å². The van der Waals surface area contributed by atoms with E-state index in [1.807, 2.05) is 42.5 Å². The SMILES string of the molecule is CC(C)(C(=O)O)S(=O)(=O)CC1CC1.COc1cccc(-c2n[nH]c(CC(=O)C(C)(C)S(=O)(=O)CC3CC3)n2)c1.COc1cccc(-c2nc(N)n[nH]2)c1. The molecule has 16 nitrogen and oxygen atoms in total. The lowest BCUT2D eigenvalue weighted by Crippen LogP contribution is -2.43. The number of ether oxygens (including phenoxy) is 2. The van der Waals surface area contributed by atoms with Gasteiger partial charge in [0.2, 0.25) is 5.95 Å². The fourth-order valence-electron chi connectivity index (χ4n) is 4.72. The standard InChI is InChI=1S/C18H23N3O4S.C9H10N4O.C8H14O4S/c1-18(2,26(23,24)11-12-7-8-12)15(22)10-16-19-17(21-20-16)13-5-4-6-14(9-13)25-3;1-14-7-4-2-3-6(5-7)8-11-9(10)13-12-8;1-8(2,7(9)10)13(11,12)5-6-3-4-6/h4-6,9,12H,7-8,10-11H2,1-3H3,(H,19,20,21);2-5H,1H3,(H3,10,11,12,13);6H,3-5H2,1-2H3,(H,9,10). The Balaban J connectivity index is 0.000000196. The highest BCUT2D eigenvalue weighted by atomic mass is 32.2. The number of carboxylic acids is 1. The van der Waals surface area contributed by atoms with Crippen LogP contribution in [0.25, 0.3) is 22.8 Å². The first kappa shape index (κ1) is 40.9. The van der Waals surface area contributed by atoms with Gasteiger partial charge in [-0.1, -0.05) is 24.3 Å². The number of methoxy groups -OCH3 is 2. The van der Waals surface area contributed by atoms with Crippen molar-refractivity contribution in [3.8, 4) is 34.3 Å². The second-order valence-electron chi connectivity index (χ2n) is 14.0. The third-order valence-electron chi connectivity index (χ3n) is 9.08. The summed E-state index contributed by atoms with van der Waals surface area (Å²) in [5.41, 5.74) is 7.05. The van der Waals surface area contributed by atoms with Crippen molar-refractivity contribution in [2.75, 3.05) is 31.5 Å². The van der Waals surface area contributed by atoms with Crippen LogP contribution in [0.2, 0.25) is 0 Å². The van der Waals surface area contributed by atoms with Crippen molar-refractivity contribution in [1.29, 1.82) is 0 Å². The third-order valence-corrected chi connectivity index (χ3v) is 14.4. The highest BCUT2D eigenvalue weighted by molar-refractivity contribution is 7.93. The Bertz CT molecular complexity index is 2120. The topological polar surface area (TPSA) is 250 Å². The molecule has 0 spiro atoms. The van der Waals surface area contributed by atoms with E-state index in [1.54, 1.807) is 20.3 Å². The monoisotopic (exact) mass is 773 g/mol. The number of nitrogens with one attached hydrogen (secondary N) is 2. The minimum Gasteiger partial charge on any atom is -0.497 e. The van der Waals surface area contributed by atoms with Crippen LogP contribution in [-0.4, -0.2) is 99.3 Å². The van der Waals surface area contributed by atoms with Crippen LogP contribution >= 0.6 is 0 Å². The van der Waals surface area contributed by atoms with Crippen LogP contribution in [0.15, 0.2) is 48.5 Å². The molecule has 2 fully saturated rings. The van der Waals surface area contributed by atoms with Gasteiger partial charge in [-0.3, -0.25) is 19.8 Å². The fourth-order valence-corrected chi connectivity index (χ4v) is 8.14. The van der Waals surface area contributed by atoms with E-state index in [0.717, 1.165) is 42.6 Å². The summed E-state index contributed by atoms with van der Waals surface area (Å²) in [4.78, 5) is 31.7. The average Bonchev–Trinajstić information content (AvgIpc) is 4.02. The van der Waals surface area contributed by atoms with E-state index in [9.17, 15) is 26.4 Å². The number of anilines is 1. The summed E-state index contributed by atoms with van der Waals surface area (Å²) in [6.07, 6.45) is 3.57. The second kappa shape index (κ2) is 16.4. The number of rotatable bonds is 14. The van der Waals surface area contributed by atoms with Gasteiger partial charge in [0.25, 0.3) is 0 Å². The van der Waals surface area contributed by atoms with Crippen LogP contribution in [0.4, 0.5) is 5.95 Å². The average molecular weight is 774 g/mol. The Hall–Kier alpha value is -4.84. The van der Waals surface area contributed by atoms with Gasteiger partial charge in [0, 0.05) is 11.1 Å². The zero-order valence-electron chi connectivity index (χ0n) is 30.6. The third kappa shape index (κ3) is 10.6. The molecule has 0 radical (unpaired) electrons. The molecule has 2 aliphatic carbocycles. The highest BCUT2D eigenvalue weighted by Gasteiger charge is 2.45. The lowest BCUT2D eigenvalue weighted by molar-refractivity contribution is -0.139. The summed E-state index contributed by atoms with van der Waals surface area (Å²) in [5, 5.41) is 22.1. The molecular formula is C35H47N7O9S2. The van der Waals surface area contributed by atoms with Gasteiger partial charge in [-0.15, -0.1) is 5.10 Å². The zero-order valence-corrected chi connectivity index (χ0v) is 32.3. The molecule has 0 unspecified atom stereocenters. The summed E-state index contributed by atoms with van der Waals surface area (Å²) in [6, 6.07) is 14.8. The number of nitrogen functional groups attached to an aromatic ring is 1. The second-order valence-corrected chi connectivity index (χ2v) is 19.2. The van der Waals surface area contributed by atoms with Crippen LogP contribution in [-0.2, 0) is 35.7 Å². The first-order valence-electron chi connectivity index (χ1n) is 16.9. The Morgan fingerprint density at radius 3 is 1.77 bits per heavy atom. The minimum absolute atomic E-state index is 0.0201. The number of benzene rings is 2. The number of aromatic amines is 2. The first-order chi connectivity index (χ1) is 24.8. The van der Waals surface area contributed by atoms with E-state index in [1.165, 1.54) is 27.7 Å². The minimum atomic E-state index is -3.50. The van der Waals surface area contributed by atoms with Crippen molar-refractivity contribution in [1.82, 2.24) is 30.4 Å². The number of Topliss-reactive ketones (excluding diaryl/α,β-unsaturated/α-hetero) is 1. The van der Waals surface area contributed by atoms with Crippen LogP contribution in [0, 0.1) is 11.8 Å². The number of carbonyl (C=O) groups is 2. The maximum absolute atomic E-state index is 12.6. The number of aromatic nitrogens is 6. The summed E-state index contributed by atoms with van der Waals surface area (Å²) in [7, 11) is -3.80. The Kier molecular flexibility index (Phi) is 12.7. The summed E-state index contributed by atoms with van der Waals surface area (Å²) in [6.45, 7) is 5.44. The molecule has 288 valence electrons. The van der Waals surface area contributed by atoms with Crippen molar-refractivity contribution in [2.45, 2.75) is 69.3 Å². The number of carboxylic acid groups (broad SMARTS) is 1. The van der Waals surface area contributed by atoms with Gasteiger partial charge in [-0.25, -0.2) is 21.8 Å². The molecule has 53 heavy (non-hydrogen) atoms. The molecule has 2 heterocycles. The number of ketones is 1. The number of carbonyl (C=O) groups excluding carboxylic acids is 1. The molecule has 5 N–H and O–H groups in total. The predicted octanol–water partition coefficient (Wildman–Crippen LogP) is 3.93. The fraction of sp³-hybridized carbons (Fsp3) is 0.486. The molecular weight excluding hydrogens is 727 g/mol. The first-order valence-corrected chi connectivity index (χ1v) is 20.2. The van der Waals surface area contributed by atoms with Gasteiger partial charge in [-0.05, 0) is 89.5 Å². The van der Waals surface area contributed by atoms with Crippen molar-refractivity contribution in [2.24, 2.45) is 11.8 Å². The molecule has 4 aromatic rings. The summed E-state index contributed by atoms with van der Waals surface area (Å²) >= 11 is 0. The Morgan fingerprint density at radius 2 is 1.30 bits per heavy atom. The van der Waals surface area contributed by atoms with E-state index in [-0.39, 0.29) is 41.5 Å². The Labute approximate surface area is 309 Å². The molecule has 2 saturated carbocycles. The van der Waals surface area contributed by atoms with Crippen LogP contribution in [0.1, 0.15) is 59.2 Å². The molecule has 2 aliphatic rings. The van der Waals surface area contributed by atoms with Crippen LogP contribution < -0.4 is 15.2 Å². The number of hydrogen-bond acceptors (Lipinski definition) is 13. The molecule has 2 aromatic carbocycles. The maximum atomic E-state index is 12.6. The molecule has 0 bridgehead atoms. The van der Waals surface area contributed by atoms with Gasteiger partial charge in [0.1, 0.15) is 22.1 Å². The van der Waals surface area contributed by atoms with E-state index >= 15 is 0 Å². The van der Waals surface area contributed by atoms with E-state index in [2.05, 4.69) is 30.4 Å². The highest BCUT2D eigenvalue weighted by Crippen LogP contribution is 2.35. The van der Waals surface area contributed by atoms with Gasteiger partial charge in [0.05, 0.1) is 32.1 Å². The van der Waals surface area contributed by atoms with Crippen molar-refractivity contribution in [3.63, 3.8) is 0 Å². The van der Waals surface area contributed by atoms with E-state index < -0.39 is 35.1 Å². The van der Waals surface area contributed by atoms with Crippen molar-refractivity contribution >= 4 is 37.4 Å². The smallest absolute Gasteiger partial charge is 0.324 e. The molecule has 18 heteroatoms. The zero-order chi connectivity index (χ0) is 39.2. The number of nitrogens with zero attached hydrogens (tertiary/aromatic N) is 4. The van der Waals surface area contributed by atoms with Crippen molar-refractivity contribution < 1.29 is 41.0 Å². The van der Waals surface area contributed by atoms with E-state index in [0.29, 0.717) is 23.2 Å². The number of hydrogen-bond donors (Lipinski definition) is 4. The van der Waals surface area contributed by atoms with Crippen molar-refractivity contribution in [3.05, 3.63) is 54.4 Å². The number of H-pyrrole nitrogens is 2. The van der Waals surface area contributed by atoms with Gasteiger partial charge in [-0.2, -0.15) is 10.1 Å².